The van der Waals surface area contributed by atoms with E-state index in [1.807, 2.05) is 0 Å². The van der Waals surface area contributed by atoms with Gasteiger partial charge in [0.2, 0.25) is 10.0 Å². The maximum absolute atomic E-state index is 11.7. The van der Waals surface area contributed by atoms with Gasteiger partial charge in [0.1, 0.15) is 0 Å². The normalized spacial score (nSPS) is 14.2. The van der Waals surface area contributed by atoms with Gasteiger partial charge in [-0.3, -0.25) is 4.79 Å². The number of hydrogen-bond donors (Lipinski definition) is 2. The monoisotopic (exact) mass is 268 g/mol. The predicted octanol–water partition coefficient (Wildman–Crippen LogP) is -0.468. The summed E-state index contributed by atoms with van der Waals surface area (Å²) in [5.41, 5.74) is 4.29. The predicted molar refractivity (Wildman–Crippen MR) is 64.4 cm³/mol. The summed E-state index contributed by atoms with van der Waals surface area (Å²) < 4.78 is 30.1. The Morgan fingerprint density at radius 3 is 2.25 bits per heavy atom. The van der Waals surface area contributed by atoms with Crippen molar-refractivity contribution in [2.75, 3.05) is 7.11 Å². The molecule has 3 N–H and O–H groups in total. The average molecular weight is 268 g/mol. The number of ether oxygens (including phenoxy) is 1. The molecule has 0 saturated heterocycles. The van der Waals surface area contributed by atoms with Crippen molar-refractivity contribution < 1.29 is 17.9 Å². The zero-order valence-electron chi connectivity index (χ0n) is 9.60. The highest BCUT2D eigenvalue weighted by Gasteiger charge is 2.35. The number of sulfonamides is 1. The minimum atomic E-state index is -3.87. The molecule has 0 aliphatic rings. The molecule has 16 heavy (non-hydrogen) atoms. The van der Waals surface area contributed by atoms with Crippen molar-refractivity contribution in [3.05, 3.63) is 0 Å². The molecule has 0 fully saturated rings. The van der Waals surface area contributed by atoms with Gasteiger partial charge in [-0.2, -0.15) is 0 Å². The summed E-state index contributed by atoms with van der Waals surface area (Å²) in [5.74, 6) is -0.841. The van der Waals surface area contributed by atoms with Crippen LogP contribution in [-0.2, 0) is 19.6 Å². The van der Waals surface area contributed by atoms with Gasteiger partial charge in [0.15, 0.2) is 5.25 Å². The Balaban J connectivity index is 4.98. The van der Waals surface area contributed by atoms with Crippen LogP contribution in [0.4, 0.5) is 0 Å². The van der Waals surface area contributed by atoms with E-state index < -0.39 is 26.8 Å². The van der Waals surface area contributed by atoms with Crippen molar-refractivity contribution in [2.45, 2.75) is 31.6 Å². The van der Waals surface area contributed by atoms with Crippen LogP contribution in [0.5, 0.6) is 0 Å². The first-order valence-corrected chi connectivity index (χ1v) is 6.40. The van der Waals surface area contributed by atoms with Gasteiger partial charge in [-0.25, -0.2) is 13.1 Å². The summed E-state index contributed by atoms with van der Waals surface area (Å²) in [6.07, 6.45) is 0. The highest BCUT2D eigenvalue weighted by Crippen LogP contribution is 2.09. The van der Waals surface area contributed by atoms with Crippen LogP contribution in [0, 0.1) is 0 Å². The number of nitrogens with one attached hydrogen (secondary N) is 1. The van der Waals surface area contributed by atoms with E-state index >= 15 is 0 Å². The zero-order valence-corrected chi connectivity index (χ0v) is 11.2. The van der Waals surface area contributed by atoms with E-state index in [1.54, 1.807) is 0 Å². The fourth-order valence-corrected chi connectivity index (χ4v) is 2.25. The molecule has 0 spiro atoms. The van der Waals surface area contributed by atoms with E-state index in [2.05, 4.69) is 9.46 Å². The Bertz CT molecular complexity index is 389. The molecule has 0 amide bonds. The van der Waals surface area contributed by atoms with Crippen LogP contribution in [0.25, 0.3) is 0 Å². The van der Waals surface area contributed by atoms with Crippen LogP contribution in [-0.4, -0.2) is 37.3 Å². The number of carbonyl (C=O) groups excluding carboxylic acids is 1. The molecule has 94 valence electrons. The van der Waals surface area contributed by atoms with Crippen LogP contribution >= 0.6 is 12.2 Å². The molecule has 0 aliphatic heterocycles. The van der Waals surface area contributed by atoms with Crippen molar-refractivity contribution in [3.8, 4) is 0 Å². The number of nitrogens with two attached hydrogens (primary N) is 1. The van der Waals surface area contributed by atoms with E-state index in [9.17, 15) is 13.2 Å². The van der Waals surface area contributed by atoms with E-state index in [0.717, 1.165) is 7.11 Å². The second-order valence-electron chi connectivity index (χ2n) is 3.80. The van der Waals surface area contributed by atoms with Crippen molar-refractivity contribution >= 4 is 33.2 Å². The van der Waals surface area contributed by atoms with Gasteiger partial charge in [0.25, 0.3) is 0 Å². The second-order valence-corrected chi connectivity index (χ2v) is 6.24. The molecule has 0 aromatic carbocycles. The van der Waals surface area contributed by atoms with Crippen molar-refractivity contribution in [2.24, 2.45) is 5.73 Å². The molecule has 0 aliphatic carbocycles. The van der Waals surface area contributed by atoms with E-state index in [0.29, 0.717) is 0 Å². The summed E-state index contributed by atoms with van der Waals surface area (Å²) in [6.45, 7) is 4.25. The Morgan fingerprint density at radius 1 is 1.50 bits per heavy atom. The van der Waals surface area contributed by atoms with Gasteiger partial charge in [-0.05, 0) is 20.8 Å². The smallest absolute Gasteiger partial charge is 0.325 e. The first kappa shape index (κ1) is 15.3. The third-order valence-corrected chi connectivity index (χ3v) is 4.44. The molecular weight excluding hydrogens is 252 g/mol. The van der Waals surface area contributed by atoms with Gasteiger partial charge in [0, 0.05) is 0 Å². The van der Waals surface area contributed by atoms with Crippen LogP contribution in [0.2, 0.25) is 0 Å². The van der Waals surface area contributed by atoms with Gasteiger partial charge >= 0.3 is 5.97 Å². The standard InChI is InChI=1S/C8H16N2O4S2/c1-5(6(11)14-4)16(12,13)10-8(2,3)7(9)15/h5,10H,1-4H3,(H2,9,15). The van der Waals surface area contributed by atoms with Gasteiger partial charge in [-0.15, -0.1) is 0 Å². The lowest BCUT2D eigenvalue weighted by atomic mass is 10.1. The van der Waals surface area contributed by atoms with Gasteiger partial charge < -0.3 is 10.5 Å². The summed E-state index contributed by atoms with van der Waals surface area (Å²) in [6, 6.07) is 0. The SMILES string of the molecule is COC(=O)C(C)S(=O)(=O)NC(C)(C)C(N)=S. The number of hydrogen-bond acceptors (Lipinski definition) is 5. The lowest BCUT2D eigenvalue weighted by Crippen LogP contribution is -2.55. The second kappa shape index (κ2) is 5.07. The van der Waals surface area contributed by atoms with Crippen LogP contribution in [0.1, 0.15) is 20.8 Å². The van der Waals surface area contributed by atoms with Gasteiger partial charge in [0.05, 0.1) is 17.6 Å². The summed E-state index contributed by atoms with van der Waals surface area (Å²) in [4.78, 5) is 11.1. The quantitative estimate of drug-likeness (QED) is 0.517. The van der Waals surface area contributed by atoms with Crippen molar-refractivity contribution in [1.82, 2.24) is 4.72 Å². The third kappa shape index (κ3) is 3.69. The van der Waals surface area contributed by atoms with E-state index in [1.165, 1.54) is 20.8 Å². The fourth-order valence-electron chi connectivity index (χ4n) is 0.787. The van der Waals surface area contributed by atoms with E-state index in [4.69, 9.17) is 18.0 Å². The maximum atomic E-state index is 11.7. The molecule has 0 bridgehead atoms. The molecule has 0 heterocycles. The summed E-state index contributed by atoms with van der Waals surface area (Å²) in [5, 5.41) is -1.31. The van der Waals surface area contributed by atoms with Gasteiger partial charge in [-0.1, -0.05) is 12.2 Å². The highest BCUT2D eigenvalue weighted by atomic mass is 32.2. The number of methoxy groups -OCH3 is 1. The molecule has 0 aromatic heterocycles. The third-order valence-electron chi connectivity index (χ3n) is 2.01. The lowest BCUT2D eigenvalue weighted by molar-refractivity contribution is -0.139. The van der Waals surface area contributed by atoms with Crippen LogP contribution < -0.4 is 10.5 Å². The van der Waals surface area contributed by atoms with Crippen molar-refractivity contribution in [3.63, 3.8) is 0 Å². The highest BCUT2D eigenvalue weighted by molar-refractivity contribution is 7.91. The molecule has 8 heteroatoms. The fraction of sp³-hybridized carbons (Fsp3) is 0.750. The summed E-state index contributed by atoms with van der Waals surface area (Å²) in [7, 11) is -2.75. The first-order valence-electron chi connectivity index (χ1n) is 4.45. The molecule has 1 atom stereocenters. The number of thiocarbonyl (C=S) groups is 1. The zero-order chi connectivity index (χ0) is 13.1. The number of carbonyl (C=O) groups is 1. The Labute approximate surface area is 101 Å². The minimum absolute atomic E-state index is 0.00635. The molecule has 0 saturated carbocycles. The topological polar surface area (TPSA) is 98.5 Å². The van der Waals surface area contributed by atoms with Crippen LogP contribution in [0.3, 0.4) is 0 Å². The number of esters is 1. The molecule has 0 rings (SSSR count). The minimum Gasteiger partial charge on any atom is -0.468 e. The lowest BCUT2D eigenvalue weighted by Gasteiger charge is -2.25. The Hall–Kier alpha value is -0.730. The number of rotatable bonds is 5. The summed E-state index contributed by atoms with van der Waals surface area (Å²) >= 11 is 4.71. The molecule has 1 unspecified atom stereocenters. The molecule has 0 radical (unpaired) electrons. The van der Waals surface area contributed by atoms with Crippen molar-refractivity contribution in [1.29, 1.82) is 0 Å². The Morgan fingerprint density at radius 2 is 1.94 bits per heavy atom. The average Bonchev–Trinajstić information content (AvgIpc) is 2.13. The molecule has 0 aromatic rings. The Kier molecular flexibility index (Phi) is 4.84. The maximum Gasteiger partial charge on any atom is 0.325 e. The first-order chi connectivity index (χ1) is 7.04. The van der Waals surface area contributed by atoms with Crippen LogP contribution in [0.15, 0.2) is 0 Å². The largest absolute Gasteiger partial charge is 0.468 e. The molecule has 6 nitrogen and oxygen atoms in total. The molecular formula is C8H16N2O4S2. The van der Waals surface area contributed by atoms with E-state index in [-0.39, 0.29) is 4.99 Å².